The summed E-state index contributed by atoms with van der Waals surface area (Å²) >= 11 is 0. The maximum atomic E-state index is 11.3. The standard InChI is InChI=1S/C11H20N6O2/c1-4-13-8(18)6-7-14-10-15-9(12-3)16-11(17-10)19-5-2/h4-7H2,1-3H3,(H,13,18)(H2,12,14,15,16,17). The lowest BCUT2D eigenvalue weighted by Gasteiger charge is -2.08. The number of rotatable bonds is 8. The first-order chi connectivity index (χ1) is 9.19. The molecule has 1 aromatic rings. The van der Waals surface area contributed by atoms with E-state index >= 15 is 0 Å². The van der Waals surface area contributed by atoms with Crippen LogP contribution in [0.5, 0.6) is 6.01 Å². The predicted octanol–water partition coefficient (Wildman–Crippen LogP) is 0.250. The monoisotopic (exact) mass is 268 g/mol. The lowest BCUT2D eigenvalue weighted by atomic mass is 10.4. The van der Waals surface area contributed by atoms with E-state index in [-0.39, 0.29) is 11.9 Å². The Bertz CT molecular complexity index is 412. The zero-order valence-electron chi connectivity index (χ0n) is 11.5. The van der Waals surface area contributed by atoms with Gasteiger partial charge in [-0.05, 0) is 13.8 Å². The molecule has 0 aliphatic heterocycles. The molecule has 0 spiro atoms. The highest BCUT2D eigenvalue weighted by molar-refractivity contribution is 5.76. The summed E-state index contributed by atoms with van der Waals surface area (Å²) in [5, 5.41) is 8.51. The van der Waals surface area contributed by atoms with E-state index in [1.165, 1.54) is 0 Å². The number of ether oxygens (including phenoxy) is 1. The first-order valence-corrected chi connectivity index (χ1v) is 6.26. The molecule has 106 valence electrons. The van der Waals surface area contributed by atoms with Crippen molar-refractivity contribution in [3.05, 3.63) is 0 Å². The topological polar surface area (TPSA) is 101 Å². The number of carbonyl (C=O) groups is 1. The zero-order chi connectivity index (χ0) is 14.1. The molecule has 0 aliphatic rings. The van der Waals surface area contributed by atoms with Gasteiger partial charge in [0, 0.05) is 26.6 Å². The van der Waals surface area contributed by atoms with Gasteiger partial charge < -0.3 is 20.7 Å². The second-order valence-corrected chi connectivity index (χ2v) is 3.58. The van der Waals surface area contributed by atoms with E-state index in [4.69, 9.17) is 4.74 Å². The fraction of sp³-hybridized carbons (Fsp3) is 0.636. The molecule has 0 fully saturated rings. The van der Waals surface area contributed by atoms with Gasteiger partial charge in [-0.25, -0.2) is 0 Å². The average Bonchev–Trinajstić information content (AvgIpc) is 2.39. The second kappa shape index (κ2) is 8.06. The lowest BCUT2D eigenvalue weighted by Crippen LogP contribution is -2.25. The molecular weight excluding hydrogens is 248 g/mol. The molecule has 0 aromatic carbocycles. The summed E-state index contributed by atoms with van der Waals surface area (Å²) in [7, 11) is 1.71. The molecule has 0 saturated carbocycles. The highest BCUT2D eigenvalue weighted by Gasteiger charge is 2.06. The van der Waals surface area contributed by atoms with Gasteiger partial charge >= 0.3 is 6.01 Å². The molecule has 0 unspecified atom stereocenters. The van der Waals surface area contributed by atoms with Gasteiger partial charge in [-0.2, -0.15) is 15.0 Å². The Kier molecular flexibility index (Phi) is 6.34. The van der Waals surface area contributed by atoms with E-state index in [0.717, 1.165) is 0 Å². The van der Waals surface area contributed by atoms with Crippen molar-refractivity contribution in [1.82, 2.24) is 20.3 Å². The van der Waals surface area contributed by atoms with E-state index in [0.29, 0.717) is 38.0 Å². The molecule has 0 aliphatic carbocycles. The molecule has 8 nitrogen and oxygen atoms in total. The van der Waals surface area contributed by atoms with Gasteiger partial charge in [0.25, 0.3) is 0 Å². The van der Waals surface area contributed by atoms with Crippen LogP contribution < -0.4 is 20.7 Å². The summed E-state index contributed by atoms with van der Waals surface area (Å²) < 4.78 is 5.23. The summed E-state index contributed by atoms with van der Waals surface area (Å²) in [5.41, 5.74) is 0. The third-order valence-electron chi connectivity index (χ3n) is 2.12. The maximum absolute atomic E-state index is 11.3. The molecule has 1 rings (SSSR count). The quantitative estimate of drug-likeness (QED) is 0.621. The van der Waals surface area contributed by atoms with Crippen LogP contribution in [0, 0.1) is 0 Å². The Labute approximate surface area is 112 Å². The molecule has 0 saturated heterocycles. The Morgan fingerprint density at radius 1 is 1.21 bits per heavy atom. The molecular formula is C11H20N6O2. The Balaban J connectivity index is 2.56. The maximum Gasteiger partial charge on any atom is 0.323 e. The summed E-state index contributed by atoms with van der Waals surface area (Å²) in [6, 6.07) is 0.252. The summed E-state index contributed by atoms with van der Waals surface area (Å²) in [6.07, 6.45) is 0.360. The number of nitrogens with one attached hydrogen (secondary N) is 3. The van der Waals surface area contributed by atoms with E-state index in [2.05, 4.69) is 30.9 Å². The van der Waals surface area contributed by atoms with Crippen LogP contribution >= 0.6 is 0 Å². The minimum absolute atomic E-state index is 0.0112. The number of aromatic nitrogens is 3. The Hall–Kier alpha value is -2.12. The van der Waals surface area contributed by atoms with Crippen LogP contribution in [-0.4, -0.2) is 47.6 Å². The molecule has 19 heavy (non-hydrogen) atoms. The van der Waals surface area contributed by atoms with Crippen molar-refractivity contribution in [2.45, 2.75) is 20.3 Å². The molecule has 0 bridgehead atoms. The zero-order valence-corrected chi connectivity index (χ0v) is 11.5. The Morgan fingerprint density at radius 2 is 1.95 bits per heavy atom. The van der Waals surface area contributed by atoms with Crippen molar-refractivity contribution in [2.24, 2.45) is 0 Å². The molecule has 1 aromatic heterocycles. The van der Waals surface area contributed by atoms with Crippen molar-refractivity contribution in [1.29, 1.82) is 0 Å². The molecule has 0 radical (unpaired) electrons. The van der Waals surface area contributed by atoms with Crippen LogP contribution in [-0.2, 0) is 4.79 Å². The number of carbonyl (C=O) groups excluding carboxylic acids is 1. The van der Waals surface area contributed by atoms with Gasteiger partial charge in [0.1, 0.15) is 0 Å². The fourth-order valence-electron chi connectivity index (χ4n) is 1.31. The first-order valence-electron chi connectivity index (χ1n) is 6.26. The van der Waals surface area contributed by atoms with Crippen molar-refractivity contribution >= 4 is 17.8 Å². The van der Waals surface area contributed by atoms with Crippen molar-refractivity contribution in [3.63, 3.8) is 0 Å². The van der Waals surface area contributed by atoms with Gasteiger partial charge in [-0.15, -0.1) is 0 Å². The predicted molar refractivity (Wildman–Crippen MR) is 72.3 cm³/mol. The second-order valence-electron chi connectivity index (χ2n) is 3.58. The van der Waals surface area contributed by atoms with Gasteiger partial charge in [-0.1, -0.05) is 0 Å². The first kappa shape index (κ1) is 14.9. The number of hydrogen-bond acceptors (Lipinski definition) is 7. The highest BCUT2D eigenvalue weighted by atomic mass is 16.5. The van der Waals surface area contributed by atoms with Crippen LogP contribution in [0.15, 0.2) is 0 Å². The summed E-state index contributed by atoms with van der Waals surface area (Å²) in [6.45, 7) is 5.29. The van der Waals surface area contributed by atoms with Gasteiger partial charge in [0.2, 0.25) is 17.8 Å². The number of nitrogens with zero attached hydrogens (tertiary/aromatic N) is 3. The minimum atomic E-state index is -0.0112. The van der Waals surface area contributed by atoms with E-state index < -0.39 is 0 Å². The van der Waals surface area contributed by atoms with Crippen LogP contribution in [0.25, 0.3) is 0 Å². The molecule has 1 heterocycles. The minimum Gasteiger partial charge on any atom is -0.464 e. The molecule has 8 heteroatoms. The largest absolute Gasteiger partial charge is 0.464 e. The molecule has 0 atom stereocenters. The normalized spacial score (nSPS) is 9.84. The van der Waals surface area contributed by atoms with E-state index in [9.17, 15) is 4.79 Å². The average molecular weight is 268 g/mol. The highest BCUT2D eigenvalue weighted by Crippen LogP contribution is 2.10. The van der Waals surface area contributed by atoms with Gasteiger partial charge in [0.15, 0.2) is 0 Å². The van der Waals surface area contributed by atoms with Crippen LogP contribution in [0.4, 0.5) is 11.9 Å². The third kappa shape index (κ3) is 5.36. The van der Waals surface area contributed by atoms with Crippen LogP contribution in [0.3, 0.4) is 0 Å². The number of anilines is 2. The molecule has 3 N–H and O–H groups in total. The number of amides is 1. The van der Waals surface area contributed by atoms with E-state index in [1.807, 2.05) is 13.8 Å². The van der Waals surface area contributed by atoms with Crippen molar-refractivity contribution in [2.75, 3.05) is 37.4 Å². The smallest absolute Gasteiger partial charge is 0.323 e. The summed E-state index contributed by atoms with van der Waals surface area (Å²) in [5.74, 6) is 0.786. The number of hydrogen-bond donors (Lipinski definition) is 3. The van der Waals surface area contributed by atoms with Crippen LogP contribution in [0.2, 0.25) is 0 Å². The lowest BCUT2D eigenvalue weighted by molar-refractivity contribution is -0.120. The van der Waals surface area contributed by atoms with Crippen LogP contribution in [0.1, 0.15) is 20.3 Å². The fourth-order valence-corrected chi connectivity index (χ4v) is 1.31. The summed E-state index contributed by atoms with van der Waals surface area (Å²) in [4.78, 5) is 23.5. The third-order valence-corrected chi connectivity index (χ3v) is 2.12. The van der Waals surface area contributed by atoms with Gasteiger partial charge in [-0.3, -0.25) is 4.79 Å². The SMILES string of the molecule is CCNC(=O)CCNc1nc(NC)nc(OCC)n1. The van der Waals surface area contributed by atoms with Crippen molar-refractivity contribution < 1.29 is 9.53 Å². The van der Waals surface area contributed by atoms with Crippen molar-refractivity contribution in [3.8, 4) is 6.01 Å². The Morgan fingerprint density at radius 3 is 2.58 bits per heavy atom. The van der Waals surface area contributed by atoms with Gasteiger partial charge in [0.05, 0.1) is 6.61 Å². The molecule has 1 amide bonds. The van der Waals surface area contributed by atoms with E-state index in [1.54, 1.807) is 7.05 Å².